The van der Waals surface area contributed by atoms with Crippen molar-refractivity contribution >= 4 is 6.03 Å². The van der Waals surface area contributed by atoms with Gasteiger partial charge in [-0.1, -0.05) is 85.8 Å². The molecule has 0 radical (unpaired) electrons. The average molecular weight is 562 g/mol. The second kappa shape index (κ2) is 14.6. The summed E-state index contributed by atoms with van der Waals surface area (Å²) in [4.78, 5) is 13.9. The zero-order valence-electron chi connectivity index (χ0n) is 24.4. The number of benzene rings is 3. The molecule has 220 valence electrons. The van der Waals surface area contributed by atoms with E-state index in [1.807, 2.05) is 99.8 Å². The Kier molecular flexibility index (Phi) is 10.9. The van der Waals surface area contributed by atoms with Gasteiger partial charge in [0.15, 0.2) is 6.29 Å². The molecule has 6 atom stereocenters. The van der Waals surface area contributed by atoms with E-state index in [2.05, 4.69) is 22.5 Å². The standard InChI is InChI=1S/C33H43N3O5/c1-5-34-33(39)35-19-24-11-17-28(18-12-24)32-40-29(20-36(4)23(3)30(38)26-9-7-6-8-10-26)22(2)31(41-32)27-15-13-25(21-37)14-16-27/h6-18,22-23,29-32,37-38H,5,19-21H2,1-4H3,(H2,34,35,39)/t22-,23-,29+,30-,31+,32+/m1/s1. The van der Waals surface area contributed by atoms with Gasteiger partial charge in [-0.3, -0.25) is 4.90 Å². The molecule has 8 nitrogen and oxygen atoms in total. The molecule has 3 aromatic rings. The zero-order chi connectivity index (χ0) is 29.4. The summed E-state index contributed by atoms with van der Waals surface area (Å²) in [6.07, 6.45) is -1.62. The number of nitrogens with one attached hydrogen (secondary N) is 2. The van der Waals surface area contributed by atoms with Crippen LogP contribution in [0.1, 0.15) is 67.1 Å². The minimum atomic E-state index is -0.630. The Morgan fingerprint density at radius 3 is 2.20 bits per heavy atom. The van der Waals surface area contributed by atoms with Gasteiger partial charge in [0.25, 0.3) is 0 Å². The van der Waals surface area contributed by atoms with Crippen LogP contribution in [-0.4, -0.2) is 53.4 Å². The first kappa shape index (κ1) is 30.7. The first-order valence-electron chi connectivity index (χ1n) is 14.3. The van der Waals surface area contributed by atoms with Crippen LogP contribution >= 0.6 is 0 Å². The normalized spacial score (nSPS) is 22.2. The molecule has 2 amide bonds. The van der Waals surface area contributed by atoms with Crippen LogP contribution in [0.2, 0.25) is 0 Å². The first-order chi connectivity index (χ1) is 19.8. The van der Waals surface area contributed by atoms with E-state index < -0.39 is 12.4 Å². The summed E-state index contributed by atoms with van der Waals surface area (Å²) in [7, 11) is 2.01. The highest BCUT2D eigenvalue weighted by Crippen LogP contribution is 2.42. The minimum absolute atomic E-state index is 0.0105. The Labute approximate surface area is 243 Å². The maximum Gasteiger partial charge on any atom is 0.315 e. The number of carbonyl (C=O) groups is 1. The molecule has 3 aromatic carbocycles. The summed E-state index contributed by atoms with van der Waals surface area (Å²) in [5.74, 6) is 0.0234. The van der Waals surface area contributed by atoms with Crippen molar-refractivity contribution in [1.82, 2.24) is 15.5 Å². The van der Waals surface area contributed by atoms with Crippen molar-refractivity contribution in [3.05, 3.63) is 107 Å². The van der Waals surface area contributed by atoms with E-state index in [1.54, 1.807) is 0 Å². The van der Waals surface area contributed by atoms with Gasteiger partial charge in [-0.2, -0.15) is 0 Å². The Bertz CT molecular complexity index is 1220. The highest BCUT2D eigenvalue weighted by molar-refractivity contribution is 5.73. The summed E-state index contributed by atoms with van der Waals surface area (Å²) in [6, 6.07) is 25.1. The molecule has 41 heavy (non-hydrogen) atoms. The second-order valence-electron chi connectivity index (χ2n) is 10.8. The number of nitrogens with zero attached hydrogens (tertiary/aromatic N) is 1. The van der Waals surface area contributed by atoms with E-state index in [0.29, 0.717) is 19.6 Å². The Morgan fingerprint density at radius 2 is 1.56 bits per heavy atom. The monoisotopic (exact) mass is 561 g/mol. The molecule has 1 aliphatic heterocycles. The number of carbonyl (C=O) groups excluding carboxylic acids is 1. The van der Waals surface area contributed by atoms with Crippen molar-refractivity contribution < 1.29 is 24.5 Å². The third-order valence-electron chi connectivity index (χ3n) is 7.93. The van der Waals surface area contributed by atoms with Crippen LogP contribution in [0.25, 0.3) is 0 Å². The van der Waals surface area contributed by atoms with Crippen molar-refractivity contribution in [3.8, 4) is 0 Å². The van der Waals surface area contributed by atoms with Gasteiger partial charge >= 0.3 is 6.03 Å². The van der Waals surface area contributed by atoms with Gasteiger partial charge in [-0.05, 0) is 43.1 Å². The smallest absolute Gasteiger partial charge is 0.315 e. The van der Waals surface area contributed by atoms with E-state index >= 15 is 0 Å². The van der Waals surface area contributed by atoms with Crippen LogP contribution in [0, 0.1) is 5.92 Å². The quantitative estimate of drug-likeness (QED) is 0.267. The molecule has 8 heteroatoms. The van der Waals surface area contributed by atoms with E-state index in [-0.39, 0.29) is 36.8 Å². The van der Waals surface area contributed by atoms with Crippen LogP contribution in [0.3, 0.4) is 0 Å². The second-order valence-corrected chi connectivity index (χ2v) is 10.8. The molecule has 1 fully saturated rings. The largest absolute Gasteiger partial charge is 0.392 e. The number of likely N-dealkylation sites (N-methyl/N-ethyl adjacent to an activating group) is 1. The fraction of sp³-hybridized carbons (Fsp3) is 0.424. The minimum Gasteiger partial charge on any atom is -0.392 e. The predicted molar refractivity (Wildman–Crippen MR) is 159 cm³/mol. The van der Waals surface area contributed by atoms with Crippen LogP contribution < -0.4 is 10.6 Å². The molecule has 0 bridgehead atoms. The van der Waals surface area contributed by atoms with Gasteiger partial charge in [0.2, 0.25) is 0 Å². The third kappa shape index (κ3) is 7.93. The zero-order valence-corrected chi connectivity index (χ0v) is 24.4. The third-order valence-corrected chi connectivity index (χ3v) is 7.93. The first-order valence-corrected chi connectivity index (χ1v) is 14.3. The molecule has 0 saturated carbocycles. The molecule has 4 N–H and O–H groups in total. The molecule has 0 unspecified atom stereocenters. The van der Waals surface area contributed by atoms with Crippen molar-refractivity contribution in [2.45, 2.75) is 64.6 Å². The SMILES string of the molecule is CCNC(=O)NCc1ccc([C@H]2O[C@@H](CN(C)[C@H](C)[C@@H](O)c3ccccc3)[C@@H](C)[C@@H](c3ccc(CO)cc3)O2)cc1. The number of amides is 2. The number of hydrogen-bond donors (Lipinski definition) is 4. The Hall–Kier alpha value is -3.27. The van der Waals surface area contributed by atoms with Gasteiger partial charge in [-0.15, -0.1) is 0 Å². The summed E-state index contributed by atoms with van der Waals surface area (Å²) < 4.78 is 13.2. The van der Waals surface area contributed by atoms with E-state index in [0.717, 1.165) is 27.8 Å². The summed E-state index contributed by atoms with van der Waals surface area (Å²) >= 11 is 0. The van der Waals surface area contributed by atoms with Gasteiger partial charge in [0.05, 0.1) is 24.9 Å². The van der Waals surface area contributed by atoms with Crippen molar-refractivity contribution in [3.63, 3.8) is 0 Å². The average Bonchev–Trinajstić information content (AvgIpc) is 3.01. The molecule has 0 spiro atoms. The molecule has 1 aliphatic rings. The number of hydrogen-bond acceptors (Lipinski definition) is 6. The molecule has 0 aliphatic carbocycles. The number of aliphatic hydroxyl groups excluding tert-OH is 2. The fourth-order valence-electron chi connectivity index (χ4n) is 5.15. The fourth-order valence-corrected chi connectivity index (χ4v) is 5.15. The van der Waals surface area contributed by atoms with Crippen LogP contribution in [0.5, 0.6) is 0 Å². The number of urea groups is 1. The highest BCUT2D eigenvalue weighted by atomic mass is 16.7. The summed E-state index contributed by atoms with van der Waals surface area (Å²) in [5.41, 5.74) is 4.62. The topological polar surface area (TPSA) is 103 Å². The number of ether oxygens (including phenoxy) is 2. The van der Waals surface area contributed by atoms with Crippen molar-refractivity contribution in [2.24, 2.45) is 5.92 Å². The highest BCUT2D eigenvalue weighted by Gasteiger charge is 2.39. The summed E-state index contributed by atoms with van der Waals surface area (Å²) in [6.45, 7) is 7.62. The van der Waals surface area contributed by atoms with E-state index in [4.69, 9.17) is 9.47 Å². The lowest BCUT2D eigenvalue weighted by Crippen LogP contribution is -2.46. The Morgan fingerprint density at radius 1 is 0.927 bits per heavy atom. The van der Waals surface area contributed by atoms with Gasteiger partial charge in [0, 0.05) is 37.2 Å². The summed E-state index contributed by atoms with van der Waals surface area (Å²) in [5, 5.41) is 26.1. The molecular weight excluding hydrogens is 518 g/mol. The van der Waals surface area contributed by atoms with Crippen molar-refractivity contribution in [1.29, 1.82) is 0 Å². The molecule has 4 rings (SSSR count). The van der Waals surface area contributed by atoms with Crippen LogP contribution in [-0.2, 0) is 22.6 Å². The molecular formula is C33H43N3O5. The number of aliphatic hydroxyl groups is 2. The Balaban J connectivity index is 1.52. The molecule has 1 heterocycles. The van der Waals surface area contributed by atoms with Crippen LogP contribution in [0.15, 0.2) is 78.9 Å². The van der Waals surface area contributed by atoms with E-state index in [9.17, 15) is 15.0 Å². The maximum absolute atomic E-state index is 11.8. The van der Waals surface area contributed by atoms with Crippen LogP contribution in [0.4, 0.5) is 4.79 Å². The molecule has 1 saturated heterocycles. The van der Waals surface area contributed by atoms with Gasteiger partial charge < -0.3 is 30.3 Å². The predicted octanol–water partition coefficient (Wildman–Crippen LogP) is 4.84. The van der Waals surface area contributed by atoms with Crippen molar-refractivity contribution in [2.75, 3.05) is 20.1 Å². The number of rotatable bonds is 11. The van der Waals surface area contributed by atoms with E-state index in [1.165, 1.54) is 0 Å². The lowest BCUT2D eigenvalue weighted by atomic mass is 9.89. The molecule has 0 aromatic heterocycles. The lowest BCUT2D eigenvalue weighted by molar-refractivity contribution is -0.276. The van der Waals surface area contributed by atoms with Gasteiger partial charge in [-0.25, -0.2) is 4.79 Å². The maximum atomic E-state index is 11.8. The lowest BCUT2D eigenvalue weighted by Gasteiger charge is -2.43. The van der Waals surface area contributed by atoms with Gasteiger partial charge in [0.1, 0.15) is 0 Å².